The van der Waals surface area contributed by atoms with Crippen molar-refractivity contribution in [2.45, 2.75) is 51.4 Å². The van der Waals surface area contributed by atoms with Gasteiger partial charge in [0.1, 0.15) is 12.2 Å². The second kappa shape index (κ2) is 8.40. The van der Waals surface area contributed by atoms with Crippen LogP contribution in [0.15, 0.2) is 30.3 Å². The molecule has 1 aromatic rings. The molecule has 144 valence electrons. The number of carbonyl (C=O) groups is 2. The van der Waals surface area contributed by atoms with E-state index in [2.05, 4.69) is 5.32 Å². The molecule has 1 aliphatic rings. The van der Waals surface area contributed by atoms with Gasteiger partial charge in [-0.15, -0.1) is 0 Å². The van der Waals surface area contributed by atoms with E-state index in [0.29, 0.717) is 25.9 Å². The highest BCUT2D eigenvalue weighted by molar-refractivity contribution is 5.69. The average Bonchev–Trinajstić information content (AvgIpc) is 2.60. The predicted octanol–water partition coefficient (Wildman–Crippen LogP) is 2.67. The molecule has 1 aliphatic heterocycles. The van der Waals surface area contributed by atoms with Crippen molar-refractivity contribution in [3.63, 3.8) is 0 Å². The third-order valence-corrected chi connectivity index (χ3v) is 4.25. The number of benzene rings is 1. The van der Waals surface area contributed by atoms with Gasteiger partial charge in [0.2, 0.25) is 0 Å². The number of aliphatic hydroxyl groups excluding tert-OH is 1. The van der Waals surface area contributed by atoms with Crippen molar-refractivity contribution in [1.82, 2.24) is 10.2 Å². The largest absolute Gasteiger partial charge is 0.445 e. The lowest BCUT2D eigenvalue weighted by atomic mass is 9.88. The highest BCUT2D eigenvalue weighted by Crippen LogP contribution is 2.24. The van der Waals surface area contributed by atoms with E-state index in [-0.39, 0.29) is 19.3 Å². The van der Waals surface area contributed by atoms with E-state index in [9.17, 15) is 14.7 Å². The number of likely N-dealkylation sites (tertiary alicyclic amines) is 1. The van der Waals surface area contributed by atoms with Gasteiger partial charge in [-0.25, -0.2) is 9.59 Å². The molecule has 0 atom stereocenters. The van der Waals surface area contributed by atoms with E-state index in [1.807, 2.05) is 51.1 Å². The van der Waals surface area contributed by atoms with Crippen LogP contribution in [0.3, 0.4) is 0 Å². The fraction of sp³-hybridized carbons (Fsp3) is 0.579. The first-order valence-corrected chi connectivity index (χ1v) is 8.81. The Morgan fingerprint density at radius 3 is 2.35 bits per heavy atom. The molecule has 26 heavy (non-hydrogen) atoms. The maximum Gasteiger partial charge on any atom is 0.410 e. The number of alkyl carbamates (subject to hydrolysis) is 1. The number of nitrogens with one attached hydrogen (secondary N) is 1. The van der Waals surface area contributed by atoms with Gasteiger partial charge < -0.3 is 24.8 Å². The molecule has 0 aliphatic carbocycles. The van der Waals surface area contributed by atoms with Crippen molar-refractivity contribution in [3.05, 3.63) is 35.9 Å². The number of nitrogens with zero attached hydrogens (tertiary/aromatic N) is 1. The number of rotatable bonds is 4. The van der Waals surface area contributed by atoms with Crippen LogP contribution in [-0.4, -0.2) is 53.0 Å². The fourth-order valence-corrected chi connectivity index (χ4v) is 2.74. The molecule has 1 fully saturated rings. The van der Waals surface area contributed by atoms with Crippen molar-refractivity contribution < 1.29 is 24.2 Å². The van der Waals surface area contributed by atoms with Crippen LogP contribution in [0.1, 0.15) is 39.2 Å². The smallest absolute Gasteiger partial charge is 0.410 e. The Kier molecular flexibility index (Phi) is 6.47. The lowest BCUT2D eigenvalue weighted by Gasteiger charge is -2.41. The monoisotopic (exact) mass is 364 g/mol. The Balaban J connectivity index is 1.84. The molecule has 0 bridgehead atoms. The Morgan fingerprint density at radius 2 is 1.81 bits per heavy atom. The number of piperidine rings is 1. The molecular weight excluding hydrogens is 336 g/mol. The average molecular weight is 364 g/mol. The van der Waals surface area contributed by atoms with E-state index in [1.54, 1.807) is 4.90 Å². The molecule has 0 unspecified atom stereocenters. The van der Waals surface area contributed by atoms with Crippen molar-refractivity contribution in [2.24, 2.45) is 0 Å². The first-order valence-electron chi connectivity index (χ1n) is 8.81. The molecule has 1 aromatic carbocycles. The third kappa shape index (κ3) is 5.91. The van der Waals surface area contributed by atoms with Crippen LogP contribution in [0.5, 0.6) is 0 Å². The number of aliphatic hydroxyl groups is 1. The molecule has 1 saturated heterocycles. The Hall–Kier alpha value is -2.28. The maximum absolute atomic E-state index is 12.1. The molecule has 2 amide bonds. The quantitative estimate of drug-likeness (QED) is 0.858. The summed E-state index contributed by atoms with van der Waals surface area (Å²) < 4.78 is 10.6. The molecule has 7 heteroatoms. The van der Waals surface area contributed by atoms with Crippen LogP contribution in [0, 0.1) is 0 Å². The molecule has 2 rings (SSSR count). The molecule has 0 spiro atoms. The van der Waals surface area contributed by atoms with E-state index in [1.165, 1.54) is 0 Å². The van der Waals surface area contributed by atoms with Gasteiger partial charge >= 0.3 is 12.2 Å². The van der Waals surface area contributed by atoms with Crippen LogP contribution < -0.4 is 5.32 Å². The predicted molar refractivity (Wildman–Crippen MR) is 96.6 cm³/mol. The zero-order valence-electron chi connectivity index (χ0n) is 15.7. The van der Waals surface area contributed by atoms with Gasteiger partial charge in [-0.2, -0.15) is 0 Å². The second-order valence-corrected chi connectivity index (χ2v) is 7.59. The Labute approximate surface area is 154 Å². The zero-order valence-corrected chi connectivity index (χ0v) is 15.7. The lowest BCUT2D eigenvalue weighted by Crippen LogP contribution is -2.58. The maximum atomic E-state index is 12.1. The van der Waals surface area contributed by atoms with E-state index >= 15 is 0 Å². The Morgan fingerprint density at radius 1 is 1.19 bits per heavy atom. The standard InChI is InChI=1S/C19H28N2O5/c1-18(2,3)26-17(24)21-11-9-19(14-22,10-12-21)20-16(23)25-13-15-7-5-4-6-8-15/h4-8,22H,9-14H2,1-3H3,(H,20,23). The van der Waals surface area contributed by atoms with Gasteiger partial charge in [-0.3, -0.25) is 0 Å². The van der Waals surface area contributed by atoms with E-state index in [0.717, 1.165) is 5.56 Å². The highest BCUT2D eigenvalue weighted by atomic mass is 16.6. The number of amides is 2. The zero-order chi connectivity index (χ0) is 19.2. The summed E-state index contributed by atoms with van der Waals surface area (Å²) in [6.45, 7) is 6.20. The number of hydrogen-bond acceptors (Lipinski definition) is 5. The van der Waals surface area contributed by atoms with Gasteiger partial charge in [-0.1, -0.05) is 30.3 Å². The van der Waals surface area contributed by atoms with Crippen LogP contribution in [0.2, 0.25) is 0 Å². The molecule has 0 saturated carbocycles. The topological polar surface area (TPSA) is 88.1 Å². The summed E-state index contributed by atoms with van der Waals surface area (Å²) in [6, 6.07) is 9.38. The van der Waals surface area contributed by atoms with E-state index < -0.39 is 17.2 Å². The molecule has 2 N–H and O–H groups in total. The fourth-order valence-electron chi connectivity index (χ4n) is 2.74. The summed E-state index contributed by atoms with van der Waals surface area (Å²) in [4.78, 5) is 25.8. The molecule has 7 nitrogen and oxygen atoms in total. The molecule has 0 radical (unpaired) electrons. The summed E-state index contributed by atoms with van der Waals surface area (Å²) in [6.07, 6.45) is -0.0869. The van der Waals surface area contributed by atoms with Crippen LogP contribution in [0.4, 0.5) is 9.59 Å². The van der Waals surface area contributed by atoms with E-state index in [4.69, 9.17) is 9.47 Å². The minimum atomic E-state index is -0.785. The van der Waals surface area contributed by atoms with Crippen molar-refractivity contribution >= 4 is 12.2 Å². The SMILES string of the molecule is CC(C)(C)OC(=O)N1CCC(CO)(NC(=O)OCc2ccccc2)CC1. The third-order valence-electron chi connectivity index (χ3n) is 4.25. The van der Waals surface area contributed by atoms with Gasteiger partial charge in [-0.05, 0) is 39.2 Å². The van der Waals surface area contributed by atoms with Crippen molar-refractivity contribution in [3.8, 4) is 0 Å². The molecule has 1 heterocycles. The summed E-state index contributed by atoms with van der Waals surface area (Å²) >= 11 is 0. The summed E-state index contributed by atoms with van der Waals surface area (Å²) in [5.41, 5.74) is -0.450. The lowest BCUT2D eigenvalue weighted by molar-refractivity contribution is 0.00900. The van der Waals surface area contributed by atoms with Crippen molar-refractivity contribution in [2.75, 3.05) is 19.7 Å². The summed E-state index contributed by atoms with van der Waals surface area (Å²) in [5, 5.41) is 12.6. The minimum absolute atomic E-state index is 0.165. The number of ether oxygens (including phenoxy) is 2. The molecular formula is C19H28N2O5. The minimum Gasteiger partial charge on any atom is -0.445 e. The molecule has 0 aromatic heterocycles. The van der Waals surface area contributed by atoms with Gasteiger partial charge in [0.25, 0.3) is 0 Å². The number of carbonyl (C=O) groups excluding carboxylic acids is 2. The van der Waals surface area contributed by atoms with Crippen LogP contribution >= 0.6 is 0 Å². The second-order valence-electron chi connectivity index (χ2n) is 7.59. The van der Waals surface area contributed by atoms with Crippen molar-refractivity contribution in [1.29, 1.82) is 0 Å². The van der Waals surface area contributed by atoms with Crippen LogP contribution in [-0.2, 0) is 16.1 Å². The summed E-state index contributed by atoms with van der Waals surface area (Å²) in [5.74, 6) is 0. The first-order chi connectivity index (χ1) is 12.2. The normalized spacial score (nSPS) is 16.7. The van der Waals surface area contributed by atoms with Gasteiger partial charge in [0, 0.05) is 13.1 Å². The Bertz CT molecular complexity index is 604. The van der Waals surface area contributed by atoms with Gasteiger partial charge in [0.05, 0.1) is 12.1 Å². The number of hydrogen-bond donors (Lipinski definition) is 2. The van der Waals surface area contributed by atoms with Gasteiger partial charge in [0.15, 0.2) is 0 Å². The summed E-state index contributed by atoms with van der Waals surface area (Å²) in [7, 11) is 0. The first kappa shape index (κ1) is 20.0. The van der Waals surface area contributed by atoms with Crippen LogP contribution in [0.25, 0.3) is 0 Å². The highest BCUT2D eigenvalue weighted by Gasteiger charge is 2.38.